The lowest BCUT2D eigenvalue weighted by molar-refractivity contribution is 0.0690. The van der Waals surface area contributed by atoms with Gasteiger partial charge in [0.05, 0.1) is 36.0 Å². The van der Waals surface area contributed by atoms with Crippen molar-refractivity contribution >= 4 is 51.6 Å². The summed E-state index contributed by atoms with van der Waals surface area (Å²) in [7, 11) is 3.04. The van der Waals surface area contributed by atoms with E-state index in [1.807, 2.05) is 6.07 Å². The Hall–Kier alpha value is -4.09. The maximum Gasteiger partial charge on any atom is 0.268 e. The number of ether oxygens (including phenoxy) is 3. The Morgan fingerprint density at radius 2 is 1.80 bits per heavy atom. The van der Waals surface area contributed by atoms with Gasteiger partial charge in [0, 0.05) is 29.1 Å². The number of methoxy groups -OCH3 is 2. The minimum Gasteiger partial charge on any atom is -0.493 e. The summed E-state index contributed by atoms with van der Waals surface area (Å²) in [5, 5.41) is 4.90. The molecule has 1 aromatic heterocycles. The molecule has 1 atom stereocenters. The van der Waals surface area contributed by atoms with E-state index >= 15 is 0 Å². The minimum atomic E-state index is -0.728. The van der Waals surface area contributed by atoms with Crippen LogP contribution in [0.15, 0.2) is 65.5 Å². The predicted octanol–water partition coefficient (Wildman–Crippen LogP) is 5.20. The Bertz CT molecular complexity index is 1660. The van der Waals surface area contributed by atoms with Crippen LogP contribution < -0.4 is 26.2 Å². The van der Waals surface area contributed by atoms with Crippen LogP contribution in [-0.4, -0.2) is 49.2 Å². The van der Waals surface area contributed by atoms with Crippen LogP contribution in [-0.2, 0) is 4.74 Å². The summed E-state index contributed by atoms with van der Waals surface area (Å²) in [5.74, 6) is 5.74. The lowest BCUT2D eigenvalue weighted by Gasteiger charge is -2.25. The zero-order chi connectivity index (χ0) is 29.7. The molecule has 0 saturated carbocycles. The smallest absolute Gasteiger partial charge is 0.268 e. The molecule has 0 radical (unpaired) electrons. The number of pyridine rings is 1. The standard InChI is InChI=1S/C29H28Cl2N4O6/c1-16(17-5-4-6-20(30)11-17)35(32)29(38)18-7-8-22(31)24(13-18)34-28(37)21-12-19-14-26(41-10-9-39-2)25(40-3)15-23(19)33-27(21)36/h4-8,11-16H,9-10,32H2,1-3H3,(H,33,36)(H,34,37). The van der Waals surface area contributed by atoms with Crippen molar-refractivity contribution in [3.8, 4) is 11.5 Å². The molecule has 214 valence electrons. The molecule has 3 aromatic carbocycles. The van der Waals surface area contributed by atoms with Crippen molar-refractivity contribution in [1.29, 1.82) is 0 Å². The van der Waals surface area contributed by atoms with Gasteiger partial charge in [-0.15, -0.1) is 0 Å². The molecule has 0 fully saturated rings. The number of nitrogens with zero attached hydrogens (tertiary/aromatic N) is 1. The number of carbonyl (C=O) groups is 2. The molecule has 4 rings (SSSR count). The van der Waals surface area contributed by atoms with Gasteiger partial charge < -0.3 is 24.5 Å². The number of nitrogens with one attached hydrogen (secondary N) is 2. The molecule has 4 N–H and O–H groups in total. The molecule has 12 heteroatoms. The molecule has 0 aliphatic rings. The Morgan fingerprint density at radius 3 is 2.51 bits per heavy atom. The first kappa shape index (κ1) is 29.9. The van der Waals surface area contributed by atoms with Gasteiger partial charge in [-0.1, -0.05) is 35.3 Å². The van der Waals surface area contributed by atoms with Crippen LogP contribution in [0.4, 0.5) is 5.69 Å². The summed E-state index contributed by atoms with van der Waals surface area (Å²) in [5.41, 5.74) is 0.703. The molecule has 1 heterocycles. The topological polar surface area (TPSA) is 136 Å². The SMILES string of the molecule is COCCOc1cc2cc(C(=O)Nc3cc(C(=O)N(N)C(C)c4cccc(Cl)c4)ccc3Cl)c(=O)[nH]c2cc1OC. The molecule has 0 aliphatic heterocycles. The highest BCUT2D eigenvalue weighted by atomic mass is 35.5. The van der Waals surface area contributed by atoms with E-state index in [0.29, 0.717) is 34.0 Å². The Morgan fingerprint density at radius 1 is 1.02 bits per heavy atom. The van der Waals surface area contributed by atoms with Crippen LogP contribution in [0, 0.1) is 0 Å². The van der Waals surface area contributed by atoms with Crippen LogP contribution in [0.2, 0.25) is 10.0 Å². The number of benzene rings is 3. The number of aromatic amines is 1. The number of H-pyrrole nitrogens is 1. The predicted molar refractivity (Wildman–Crippen MR) is 158 cm³/mol. The third-order valence-electron chi connectivity index (χ3n) is 6.36. The van der Waals surface area contributed by atoms with Gasteiger partial charge in [-0.2, -0.15) is 0 Å². The van der Waals surface area contributed by atoms with Crippen molar-refractivity contribution in [2.75, 3.05) is 32.8 Å². The van der Waals surface area contributed by atoms with E-state index in [1.54, 1.807) is 44.4 Å². The van der Waals surface area contributed by atoms with Crippen molar-refractivity contribution in [3.05, 3.63) is 97.8 Å². The monoisotopic (exact) mass is 598 g/mol. The quantitative estimate of drug-likeness (QED) is 0.0987. The maximum atomic E-state index is 13.2. The first-order valence-electron chi connectivity index (χ1n) is 12.4. The Labute approximate surface area is 245 Å². The van der Waals surface area contributed by atoms with E-state index in [4.69, 9.17) is 43.3 Å². The summed E-state index contributed by atoms with van der Waals surface area (Å²) in [6, 6.07) is 15.6. The summed E-state index contributed by atoms with van der Waals surface area (Å²) in [6.45, 7) is 2.41. The highest BCUT2D eigenvalue weighted by molar-refractivity contribution is 6.34. The molecule has 0 saturated heterocycles. The number of rotatable bonds is 10. The number of hydrogen-bond donors (Lipinski definition) is 3. The summed E-state index contributed by atoms with van der Waals surface area (Å²) < 4.78 is 16.1. The molecule has 10 nitrogen and oxygen atoms in total. The largest absolute Gasteiger partial charge is 0.493 e. The van der Waals surface area contributed by atoms with Gasteiger partial charge in [0.2, 0.25) is 0 Å². The fourth-order valence-electron chi connectivity index (χ4n) is 4.09. The molecule has 0 bridgehead atoms. The number of nitrogens with two attached hydrogens (primary N) is 1. The second-order valence-electron chi connectivity index (χ2n) is 9.04. The normalized spacial score (nSPS) is 11.7. The van der Waals surface area contributed by atoms with Crippen molar-refractivity contribution in [2.24, 2.45) is 5.84 Å². The third-order valence-corrected chi connectivity index (χ3v) is 6.93. The zero-order valence-electron chi connectivity index (χ0n) is 22.5. The number of halogens is 2. The first-order chi connectivity index (χ1) is 19.6. The minimum absolute atomic E-state index is 0.129. The van der Waals surface area contributed by atoms with Crippen molar-refractivity contribution < 1.29 is 23.8 Å². The molecule has 4 aromatic rings. The van der Waals surface area contributed by atoms with Gasteiger partial charge >= 0.3 is 0 Å². The van der Waals surface area contributed by atoms with Crippen LogP contribution >= 0.6 is 23.2 Å². The van der Waals surface area contributed by atoms with Crippen LogP contribution in [0.5, 0.6) is 11.5 Å². The van der Waals surface area contributed by atoms with Crippen molar-refractivity contribution in [3.63, 3.8) is 0 Å². The van der Waals surface area contributed by atoms with Gasteiger partial charge in [-0.25, -0.2) is 5.84 Å². The number of anilines is 1. The molecular weight excluding hydrogens is 571 g/mol. The van der Waals surface area contributed by atoms with Gasteiger partial charge in [0.1, 0.15) is 12.2 Å². The zero-order valence-corrected chi connectivity index (χ0v) is 24.0. The lowest BCUT2D eigenvalue weighted by Crippen LogP contribution is -2.39. The number of hydrazine groups is 1. The number of carbonyl (C=O) groups excluding carboxylic acids is 2. The summed E-state index contributed by atoms with van der Waals surface area (Å²) in [6.07, 6.45) is 0. The van der Waals surface area contributed by atoms with E-state index < -0.39 is 23.4 Å². The van der Waals surface area contributed by atoms with Crippen molar-refractivity contribution in [2.45, 2.75) is 13.0 Å². The molecule has 0 spiro atoms. The number of amides is 2. The van der Waals surface area contributed by atoms with E-state index in [1.165, 1.54) is 31.4 Å². The Kier molecular flexibility index (Phi) is 9.51. The van der Waals surface area contributed by atoms with Crippen LogP contribution in [0.25, 0.3) is 10.9 Å². The van der Waals surface area contributed by atoms with Gasteiger partial charge in [-0.05, 0) is 55.0 Å². The lowest BCUT2D eigenvalue weighted by atomic mass is 10.1. The van der Waals surface area contributed by atoms with Crippen molar-refractivity contribution in [1.82, 2.24) is 9.99 Å². The van der Waals surface area contributed by atoms with Crippen LogP contribution in [0.3, 0.4) is 0 Å². The fraction of sp³-hybridized carbons (Fsp3) is 0.207. The molecule has 2 amide bonds. The summed E-state index contributed by atoms with van der Waals surface area (Å²) >= 11 is 12.4. The molecular formula is C29H28Cl2N4O6. The maximum absolute atomic E-state index is 13.2. The highest BCUT2D eigenvalue weighted by Crippen LogP contribution is 2.32. The van der Waals surface area contributed by atoms with Gasteiger partial charge in [0.15, 0.2) is 11.5 Å². The Balaban J connectivity index is 1.59. The van der Waals surface area contributed by atoms with Gasteiger partial charge in [0.25, 0.3) is 17.4 Å². The second-order valence-corrected chi connectivity index (χ2v) is 9.88. The third kappa shape index (κ3) is 6.80. The van der Waals surface area contributed by atoms with Crippen LogP contribution in [0.1, 0.15) is 39.2 Å². The van der Waals surface area contributed by atoms with E-state index in [2.05, 4.69) is 10.3 Å². The number of hydrogen-bond acceptors (Lipinski definition) is 7. The average Bonchev–Trinajstić information content (AvgIpc) is 2.96. The van der Waals surface area contributed by atoms with Gasteiger partial charge in [-0.3, -0.25) is 19.4 Å². The molecule has 41 heavy (non-hydrogen) atoms. The number of aromatic nitrogens is 1. The second kappa shape index (κ2) is 13.0. The van der Waals surface area contributed by atoms with E-state index in [0.717, 1.165) is 10.6 Å². The highest BCUT2D eigenvalue weighted by Gasteiger charge is 2.22. The summed E-state index contributed by atoms with van der Waals surface area (Å²) in [4.78, 5) is 41.9. The fourth-order valence-corrected chi connectivity index (χ4v) is 4.45. The average molecular weight is 599 g/mol. The van der Waals surface area contributed by atoms with E-state index in [-0.39, 0.29) is 28.4 Å². The molecule has 1 unspecified atom stereocenters. The first-order valence-corrected chi connectivity index (χ1v) is 13.2. The number of fused-ring (bicyclic) bond motifs is 1. The molecule has 0 aliphatic carbocycles. The van der Waals surface area contributed by atoms with E-state index in [9.17, 15) is 14.4 Å².